The molecule has 25 heavy (non-hydrogen) atoms. The van der Waals surface area contributed by atoms with E-state index in [1.165, 1.54) is 6.21 Å². The van der Waals surface area contributed by atoms with Crippen LogP contribution in [-0.2, 0) is 4.79 Å². The van der Waals surface area contributed by atoms with Gasteiger partial charge in [0.15, 0.2) is 0 Å². The lowest BCUT2D eigenvalue weighted by Crippen LogP contribution is -2.35. The molecule has 0 unspecified atom stereocenters. The molecule has 0 aliphatic carbocycles. The fourth-order valence-corrected chi connectivity index (χ4v) is 2.48. The average molecular weight is 378 g/mol. The molecule has 0 saturated heterocycles. The third-order valence-electron chi connectivity index (χ3n) is 3.56. The van der Waals surface area contributed by atoms with Crippen LogP contribution in [0, 0.1) is 13.8 Å². The molecule has 0 aromatic heterocycles. The molecule has 2 rings (SSSR count). The van der Waals surface area contributed by atoms with Crippen LogP contribution in [0.3, 0.4) is 0 Å². The van der Waals surface area contributed by atoms with Crippen molar-refractivity contribution in [3.05, 3.63) is 68.7 Å². The smallest absolute Gasteiger partial charge is 0.259 e. The lowest BCUT2D eigenvalue weighted by molar-refractivity contribution is -0.120. The first-order valence-corrected chi connectivity index (χ1v) is 8.25. The summed E-state index contributed by atoms with van der Waals surface area (Å²) in [6.07, 6.45) is 1.35. The number of amides is 2. The molecular formula is C18H17Cl2N3O2. The van der Waals surface area contributed by atoms with Gasteiger partial charge >= 0.3 is 0 Å². The number of hydrogen-bond donors (Lipinski definition) is 2. The van der Waals surface area contributed by atoms with Crippen molar-refractivity contribution < 1.29 is 9.59 Å². The maximum atomic E-state index is 12.0. The number of hydrazone groups is 1. The summed E-state index contributed by atoms with van der Waals surface area (Å²) in [6.45, 7) is 3.69. The van der Waals surface area contributed by atoms with Gasteiger partial charge in [-0.3, -0.25) is 9.59 Å². The highest BCUT2D eigenvalue weighted by atomic mass is 35.5. The zero-order valence-electron chi connectivity index (χ0n) is 13.8. The van der Waals surface area contributed by atoms with Crippen LogP contribution in [-0.4, -0.2) is 24.6 Å². The number of nitrogens with one attached hydrogen (secondary N) is 2. The summed E-state index contributed by atoms with van der Waals surface area (Å²) >= 11 is 12.0. The Morgan fingerprint density at radius 2 is 1.76 bits per heavy atom. The van der Waals surface area contributed by atoms with Crippen molar-refractivity contribution >= 4 is 41.2 Å². The summed E-state index contributed by atoms with van der Waals surface area (Å²) in [5.41, 5.74) is 5.43. The number of hydrogen-bond acceptors (Lipinski definition) is 3. The first kappa shape index (κ1) is 19.0. The van der Waals surface area contributed by atoms with Gasteiger partial charge in [-0.15, -0.1) is 0 Å². The molecule has 5 nitrogen and oxygen atoms in total. The Hall–Kier alpha value is -2.37. The van der Waals surface area contributed by atoms with Crippen molar-refractivity contribution in [1.29, 1.82) is 0 Å². The van der Waals surface area contributed by atoms with Crippen molar-refractivity contribution in [2.24, 2.45) is 5.10 Å². The van der Waals surface area contributed by atoms with Gasteiger partial charge in [-0.05, 0) is 49.2 Å². The van der Waals surface area contributed by atoms with Crippen LogP contribution in [0.25, 0.3) is 0 Å². The molecule has 0 bridgehead atoms. The van der Waals surface area contributed by atoms with Gasteiger partial charge in [0.05, 0.1) is 22.8 Å². The van der Waals surface area contributed by atoms with E-state index < -0.39 is 5.91 Å². The summed E-state index contributed by atoms with van der Waals surface area (Å²) in [4.78, 5) is 23.8. The van der Waals surface area contributed by atoms with Crippen LogP contribution in [0.1, 0.15) is 27.0 Å². The number of nitrogens with zero attached hydrogens (tertiary/aromatic N) is 1. The summed E-state index contributed by atoms with van der Waals surface area (Å²) in [5.74, 6) is -0.784. The van der Waals surface area contributed by atoms with Gasteiger partial charge in [-0.1, -0.05) is 35.3 Å². The third-order valence-corrected chi connectivity index (χ3v) is 4.22. The number of carbonyl (C=O) groups is 2. The number of halogens is 2. The Kier molecular flexibility index (Phi) is 6.56. The molecule has 0 heterocycles. The van der Waals surface area contributed by atoms with Gasteiger partial charge in [0.25, 0.3) is 11.8 Å². The molecule has 7 heteroatoms. The predicted molar refractivity (Wildman–Crippen MR) is 100 cm³/mol. The molecule has 2 N–H and O–H groups in total. The van der Waals surface area contributed by atoms with Crippen LogP contribution >= 0.6 is 23.2 Å². The minimum Gasteiger partial charge on any atom is -0.343 e. The van der Waals surface area contributed by atoms with Gasteiger partial charge in [-0.25, -0.2) is 5.43 Å². The fraction of sp³-hybridized carbons (Fsp3) is 0.167. The van der Waals surface area contributed by atoms with E-state index in [-0.39, 0.29) is 12.5 Å². The standard InChI is InChI=1S/C18H17Cl2N3O2/c1-11-6-7-13(8-12(11)2)18(25)21-10-17(24)23-22-9-14-15(19)4-3-5-16(14)20/h3-9H,10H2,1-2H3,(H,21,25)(H,23,24)/b22-9-. The number of rotatable bonds is 5. The van der Waals surface area contributed by atoms with Crippen molar-refractivity contribution in [2.45, 2.75) is 13.8 Å². The molecular weight excluding hydrogens is 361 g/mol. The van der Waals surface area contributed by atoms with Gasteiger partial charge < -0.3 is 5.32 Å². The lowest BCUT2D eigenvalue weighted by atomic mass is 10.1. The normalized spacial score (nSPS) is 10.7. The van der Waals surface area contributed by atoms with Crippen LogP contribution in [0.5, 0.6) is 0 Å². The van der Waals surface area contributed by atoms with E-state index in [0.717, 1.165) is 11.1 Å². The minimum atomic E-state index is -0.461. The molecule has 2 aromatic carbocycles. The van der Waals surface area contributed by atoms with E-state index in [9.17, 15) is 9.59 Å². The average Bonchev–Trinajstić information content (AvgIpc) is 2.57. The Morgan fingerprint density at radius 1 is 1.08 bits per heavy atom. The Balaban J connectivity index is 1.87. The van der Waals surface area contributed by atoms with Gasteiger partial charge in [-0.2, -0.15) is 5.10 Å². The predicted octanol–water partition coefficient (Wildman–Crippen LogP) is 3.49. The van der Waals surface area contributed by atoms with Crippen molar-refractivity contribution in [3.63, 3.8) is 0 Å². The Bertz CT molecular complexity index is 815. The molecule has 0 aliphatic heterocycles. The van der Waals surface area contributed by atoms with E-state index >= 15 is 0 Å². The largest absolute Gasteiger partial charge is 0.343 e. The summed E-state index contributed by atoms with van der Waals surface area (Å²) in [5, 5.41) is 7.18. The van der Waals surface area contributed by atoms with E-state index in [0.29, 0.717) is 21.2 Å². The lowest BCUT2D eigenvalue weighted by Gasteiger charge is -2.06. The van der Waals surface area contributed by atoms with Crippen LogP contribution in [0.2, 0.25) is 10.0 Å². The molecule has 130 valence electrons. The molecule has 0 fully saturated rings. The van der Waals surface area contributed by atoms with E-state index in [1.807, 2.05) is 19.9 Å². The van der Waals surface area contributed by atoms with Gasteiger partial charge in [0, 0.05) is 11.1 Å². The quantitative estimate of drug-likeness (QED) is 0.618. The minimum absolute atomic E-state index is 0.195. The second kappa shape index (κ2) is 8.65. The molecule has 2 aromatic rings. The summed E-state index contributed by atoms with van der Waals surface area (Å²) < 4.78 is 0. The highest BCUT2D eigenvalue weighted by Gasteiger charge is 2.08. The molecule has 0 atom stereocenters. The summed E-state index contributed by atoms with van der Waals surface area (Å²) in [6, 6.07) is 10.4. The molecule has 0 radical (unpaired) electrons. The van der Waals surface area contributed by atoms with Crippen LogP contribution in [0.15, 0.2) is 41.5 Å². The van der Waals surface area contributed by atoms with E-state index in [4.69, 9.17) is 23.2 Å². The fourth-order valence-electron chi connectivity index (χ4n) is 1.99. The van der Waals surface area contributed by atoms with Gasteiger partial charge in [0.1, 0.15) is 0 Å². The molecule has 0 aliphatic rings. The van der Waals surface area contributed by atoms with Crippen LogP contribution < -0.4 is 10.7 Å². The van der Waals surface area contributed by atoms with E-state index in [2.05, 4.69) is 15.8 Å². The highest BCUT2D eigenvalue weighted by molar-refractivity contribution is 6.38. The van der Waals surface area contributed by atoms with E-state index in [1.54, 1.807) is 30.3 Å². The maximum Gasteiger partial charge on any atom is 0.259 e. The third kappa shape index (κ3) is 5.31. The second-order valence-electron chi connectivity index (χ2n) is 5.41. The first-order chi connectivity index (χ1) is 11.9. The van der Waals surface area contributed by atoms with Gasteiger partial charge in [0.2, 0.25) is 0 Å². The SMILES string of the molecule is Cc1ccc(C(=O)NCC(=O)N/N=C\c2c(Cl)cccc2Cl)cc1C. The maximum absolute atomic E-state index is 12.0. The molecule has 0 spiro atoms. The van der Waals surface area contributed by atoms with Crippen molar-refractivity contribution in [2.75, 3.05) is 6.54 Å². The second-order valence-corrected chi connectivity index (χ2v) is 6.22. The van der Waals surface area contributed by atoms with Crippen molar-refractivity contribution in [3.8, 4) is 0 Å². The summed E-state index contributed by atoms with van der Waals surface area (Å²) in [7, 11) is 0. The Morgan fingerprint density at radius 3 is 2.40 bits per heavy atom. The first-order valence-electron chi connectivity index (χ1n) is 7.50. The monoisotopic (exact) mass is 377 g/mol. The van der Waals surface area contributed by atoms with Crippen LogP contribution in [0.4, 0.5) is 0 Å². The molecule has 0 saturated carbocycles. The Labute approximate surface area is 156 Å². The zero-order valence-corrected chi connectivity index (χ0v) is 15.3. The molecule has 2 amide bonds. The van der Waals surface area contributed by atoms with Crippen molar-refractivity contribution in [1.82, 2.24) is 10.7 Å². The number of carbonyl (C=O) groups excluding carboxylic acids is 2. The number of benzene rings is 2. The zero-order chi connectivity index (χ0) is 18.4. The highest BCUT2D eigenvalue weighted by Crippen LogP contribution is 2.21. The topological polar surface area (TPSA) is 70.6 Å². The number of aryl methyl sites for hydroxylation is 2.